The van der Waals surface area contributed by atoms with Crippen LogP contribution < -0.4 is 4.90 Å². The lowest BCUT2D eigenvalue weighted by atomic mass is 9.47. The maximum atomic E-state index is 13.5. The molecule has 3 aromatic rings. The Morgan fingerprint density at radius 2 is 1.78 bits per heavy atom. The minimum absolute atomic E-state index is 0.0431. The first-order valence-corrected chi connectivity index (χ1v) is 13.9. The van der Waals surface area contributed by atoms with Gasteiger partial charge in [0.2, 0.25) is 0 Å². The van der Waals surface area contributed by atoms with Gasteiger partial charge in [-0.1, -0.05) is 23.7 Å². The number of hydrogen-bond acceptors (Lipinski definition) is 4. The third-order valence-corrected chi connectivity index (χ3v) is 10.0. The molecule has 1 aromatic heterocycles. The number of carboxylic acids is 1. The summed E-state index contributed by atoms with van der Waals surface area (Å²) in [5, 5.41) is 15.3. The van der Waals surface area contributed by atoms with Gasteiger partial charge < -0.3 is 10.0 Å². The number of hydrogen-bond donors (Lipinski definition) is 1. The average Bonchev–Trinajstić information content (AvgIpc) is 3.23. The van der Waals surface area contributed by atoms with Gasteiger partial charge in [-0.3, -0.25) is 14.3 Å². The van der Waals surface area contributed by atoms with Gasteiger partial charge in [0.1, 0.15) is 0 Å². The van der Waals surface area contributed by atoms with Crippen LogP contribution in [0, 0.1) is 29.1 Å². The highest BCUT2D eigenvalue weighted by atomic mass is 35.5. The second-order valence-electron chi connectivity index (χ2n) is 12.2. The molecule has 1 spiro atoms. The van der Waals surface area contributed by atoms with Crippen molar-refractivity contribution in [2.24, 2.45) is 29.1 Å². The Labute approximate surface area is 221 Å². The van der Waals surface area contributed by atoms with E-state index in [-0.39, 0.29) is 23.2 Å². The number of carbonyl (C=O) groups is 2. The average molecular weight is 518 g/mol. The third-order valence-electron chi connectivity index (χ3n) is 9.72. The van der Waals surface area contributed by atoms with E-state index in [1.54, 1.807) is 12.3 Å². The number of ketones is 1. The number of carboxylic acid groups (broad SMARTS) is 1. The summed E-state index contributed by atoms with van der Waals surface area (Å²) in [5.74, 6) is 1.36. The van der Waals surface area contributed by atoms with E-state index in [4.69, 9.17) is 11.6 Å². The highest BCUT2D eigenvalue weighted by Crippen LogP contribution is 2.62. The molecule has 0 amide bonds. The fraction of sp³-hybridized carbons (Fsp3) is 0.500. The van der Waals surface area contributed by atoms with Crippen molar-refractivity contribution in [1.29, 1.82) is 0 Å². The van der Waals surface area contributed by atoms with Crippen molar-refractivity contribution in [3.63, 3.8) is 0 Å². The van der Waals surface area contributed by atoms with Crippen LogP contribution in [-0.4, -0.2) is 39.7 Å². The van der Waals surface area contributed by atoms with Gasteiger partial charge in [-0.2, -0.15) is 5.10 Å². The quantitative estimate of drug-likeness (QED) is 0.376. The fourth-order valence-corrected chi connectivity index (χ4v) is 7.74. The molecule has 1 unspecified atom stereocenters. The maximum absolute atomic E-state index is 13.5. The molecule has 7 rings (SSSR count). The number of halogens is 1. The number of nitrogens with zero attached hydrogens (tertiary/aromatic N) is 3. The maximum Gasteiger partial charge on any atom is 0.306 e. The molecule has 2 heterocycles. The number of piperidine rings is 1. The molecule has 0 bridgehead atoms. The normalized spacial score (nSPS) is 30.6. The molecule has 3 atom stereocenters. The lowest BCUT2D eigenvalue weighted by molar-refractivity contribution is -0.157. The Bertz CT molecular complexity index is 1390. The predicted molar refractivity (Wildman–Crippen MR) is 143 cm³/mol. The molecule has 0 radical (unpaired) electrons. The summed E-state index contributed by atoms with van der Waals surface area (Å²) in [6, 6.07) is 12.4. The first-order valence-electron chi connectivity index (χ1n) is 13.6. The van der Waals surface area contributed by atoms with Gasteiger partial charge in [-0.15, -0.1) is 0 Å². The van der Waals surface area contributed by atoms with Gasteiger partial charge >= 0.3 is 5.97 Å². The molecule has 4 aliphatic rings. The van der Waals surface area contributed by atoms with Crippen LogP contribution in [-0.2, 0) is 4.79 Å². The summed E-state index contributed by atoms with van der Waals surface area (Å²) in [6.45, 7) is 4.47. The van der Waals surface area contributed by atoms with Crippen LogP contribution in [0.2, 0.25) is 5.02 Å². The van der Waals surface area contributed by atoms with Crippen molar-refractivity contribution in [3.8, 4) is 0 Å². The standard InChI is InChI=1S/C30H32ClN3O3/c1-17(19-2-4-23(5-3-19)33-15-20-9-21(20)16-33)34-28-24(6-7-26(31)25(28)14-32-34)27(35)8-18-10-30(11-18)12-22(13-30)29(36)37/h2-7,14,17-18,20-22H,8-13,15-16H2,1H3,(H,36,37)/t17?,18?,20-,21-,22?,30?/m0/s1. The molecule has 7 heteroatoms. The summed E-state index contributed by atoms with van der Waals surface area (Å²) >= 11 is 6.54. The number of benzene rings is 2. The molecule has 4 fully saturated rings. The van der Waals surface area contributed by atoms with E-state index in [9.17, 15) is 14.7 Å². The van der Waals surface area contributed by atoms with E-state index in [1.165, 1.54) is 25.2 Å². The van der Waals surface area contributed by atoms with Crippen molar-refractivity contribution in [3.05, 3.63) is 58.7 Å². The number of Topliss-reactive ketones (excluding diaryl/α,β-unsaturated/α-hetero) is 1. The number of anilines is 1. The molecular formula is C30H32ClN3O3. The molecule has 1 N–H and O–H groups in total. The number of aliphatic carboxylic acids is 1. The van der Waals surface area contributed by atoms with Crippen LogP contribution in [0.1, 0.15) is 67.4 Å². The summed E-state index contributed by atoms with van der Waals surface area (Å²) in [7, 11) is 0. The zero-order chi connectivity index (χ0) is 25.5. The van der Waals surface area contributed by atoms with Crippen LogP contribution in [0.5, 0.6) is 0 Å². The smallest absolute Gasteiger partial charge is 0.306 e. The number of carbonyl (C=O) groups excluding carboxylic acids is 1. The Kier molecular flexibility index (Phi) is 5.23. The van der Waals surface area contributed by atoms with Crippen LogP contribution in [0.3, 0.4) is 0 Å². The molecule has 3 aliphatic carbocycles. The second-order valence-corrected chi connectivity index (χ2v) is 12.6. The van der Waals surface area contributed by atoms with Crippen molar-refractivity contribution < 1.29 is 14.7 Å². The van der Waals surface area contributed by atoms with Crippen molar-refractivity contribution >= 4 is 39.9 Å². The zero-order valence-corrected chi connectivity index (χ0v) is 21.8. The Hall–Kier alpha value is -2.86. The van der Waals surface area contributed by atoms with Gasteiger partial charge in [-0.05, 0) is 92.0 Å². The molecule has 6 nitrogen and oxygen atoms in total. The van der Waals surface area contributed by atoms with Crippen molar-refractivity contribution in [2.75, 3.05) is 18.0 Å². The number of fused-ring (bicyclic) bond motifs is 2. The van der Waals surface area contributed by atoms with E-state index >= 15 is 0 Å². The number of rotatable bonds is 7. The van der Waals surface area contributed by atoms with Crippen LogP contribution in [0.15, 0.2) is 42.6 Å². The Balaban J connectivity index is 1.10. The summed E-state index contributed by atoms with van der Waals surface area (Å²) in [5.41, 5.74) is 4.08. The van der Waals surface area contributed by atoms with E-state index in [2.05, 4.69) is 41.2 Å². The summed E-state index contributed by atoms with van der Waals surface area (Å²) < 4.78 is 1.94. The van der Waals surface area contributed by atoms with E-state index in [1.807, 2.05) is 10.7 Å². The summed E-state index contributed by atoms with van der Waals surface area (Å²) in [4.78, 5) is 27.2. The fourth-order valence-electron chi connectivity index (χ4n) is 7.54. The van der Waals surface area contributed by atoms with E-state index < -0.39 is 5.97 Å². The second kappa shape index (κ2) is 8.32. The van der Waals surface area contributed by atoms with Crippen LogP contribution in [0.4, 0.5) is 5.69 Å². The lowest BCUT2D eigenvalue weighted by Crippen LogP contribution is -2.50. The first kappa shape index (κ1) is 23.3. The zero-order valence-electron chi connectivity index (χ0n) is 21.1. The van der Waals surface area contributed by atoms with Gasteiger partial charge in [0.15, 0.2) is 5.78 Å². The van der Waals surface area contributed by atoms with Gasteiger partial charge in [0.05, 0.1) is 28.7 Å². The van der Waals surface area contributed by atoms with E-state index in [0.717, 1.165) is 54.0 Å². The highest BCUT2D eigenvalue weighted by molar-refractivity contribution is 6.36. The topological polar surface area (TPSA) is 75.4 Å². The van der Waals surface area contributed by atoms with Crippen molar-refractivity contribution in [1.82, 2.24) is 9.78 Å². The van der Waals surface area contributed by atoms with Gasteiger partial charge in [0, 0.05) is 36.1 Å². The van der Waals surface area contributed by atoms with Gasteiger partial charge in [-0.25, -0.2) is 0 Å². The minimum atomic E-state index is -0.682. The molecular weight excluding hydrogens is 486 g/mol. The van der Waals surface area contributed by atoms with Gasteiger partial charge in [0.25, 0.3) is 0 Å². The molecule has 2 aromatic carbocycles. The molecule has 1 saturated heterocycles. The largest absolute Gasteiger partial charge is 0.481 e. The molecule has 37 heavy (non-hydrogen) atoms. The number of aromatic nitrogens is 2. The Morgan fingerprint density at radius 1 is 1.08 bits per heavy atom. The Morgan fingerprint density at radius 3 is 2.46 bits per heavy atom. The van der Waals surface area contributed by atoms with Crippen LogP contribution >= 0.6 is 11.6 Å². The van der Waals surface area contributed by atoms with Crippen molar-refractivity contribution in [2.45, 2.75) is 51.5 Å². The highest BCUT2D eigenvalue weighted by Gasteiger charge is 2.55. The minimum Gasteiger partial charge on any atom is -0.481 e. The molecule has 1 aliphatic heterocycles. The molecule has 192 valence electrons. The SMILES string of the molecule is CC(c1ccc(N2C[C@@H]3C[C@H]3C2)cc1)n1ncc2c(Cl)ccc(C(=O)CC3CC4(C3)CC(C(=O)O)C4)c21. The predicted octanol–water partition coefficient (Wildman–Crippen LogP) is 6.22. The lowest BCUT2D eigenvalue weighted by Gasteiger charge is -2.56. The van der Waals surface area contributed by atoms with Crippen LogP contribution in [0.25, 0.3) is 10.9 Å². The van der Waals surface area contributed by atoms with E-state index in [0.29, 0.717) is 22.9 Å². The third kappa shape index (κ3) is 3.87. The monoisotopic (exact) mass is 517 g/mol. The first-order chi connectivity index (χ1) is 17.8. The molecule has 3 saturated carbocycles. The summed E-state index contributed by atoms with van der Waals surface area (Å²) in [6.07, 6.45) is 7.10.